The molecule has 0 fully saturated rings. The average molecular weight is 292 g/mol. The number of ether oxygens (including phenoxy) is 1. The van der Waals surface area contributed by atoms with Gasteiger partial charge in [0.2, 0.25) is 0 Å². The van der Waals surface area contributed by atoms with Crippen molar-refractivity contribution in [3.8, 4) is 5.75 Å². The van der Waals surface area contributed by atoms with Gasteiger partial charge in [0, 0.05) is 24.4 Å². The summed E-state index contributed by atoms with van der Waals surface area (Å²) in [6.45, 7) is -0.0114. The third-order valence-corrected chi connectivity index (χ3v) is 3.02. The van der Waals surface area contributed by atoms with Gasteiger partial charge in [-0.15, -0.1) is 0 Å². The molecular weight excluding hydrogens is 276 g/mol. The lowest BCUT2D eigenvalue weighted by atomic mass is 10.1. The maximum Gasteiger partial charge on any atom is 0.311 e. The van der Waals surface area contributed by atoms with Crippen LogP contribution in [0.15, 0.2) is 41.0 Å². The molecule has 1 atom stereocenters. The number of benzene rings is 1. The summed E-state index contributed by atoms with van der Waals surface area (Å²) >= 11 is 0. The predicted molar refractivity (Wildman–Crippen MR) is 76.4 cm³/mol. The first-order valence-electron chi connectivity index (χ1n) is 6.39. The molecule has 1 heterocycles. The summed E-state index contributed by atoms with van der Waals surface area (Å²) in [5.74, 6) is 0.855. The Morgan fingerprint density at radius 2 is 2.29 bits per heavy atom. The van der Waals surface area contributed by atoms with Gasteiger partial charge < -0.3 is 19.6 Å². The lowest BCUT2D eigenvalue weighted by molar-refractivity contribution is -0.385. The van der Waals surface area contributed by atoms with Gasteiger partial charge >= 0.3 is 5.69 Å². The van der Waals surface area contributed by atoms with Crippen molar-refractivity contribution in [2.45, 2.75) is 12.5 Å². The number of rotatable bonds is 7. The van der Waals surface area contributed by atoms with Crippen molar-refractivity contribution in [3.63, 3.8) is 0 Å². The summed E-state index contributed by atoms with van der Waals surface area (Å²) in [6, 6.07) is 7.85. The number of anilines is 1. The fraction of sp³-hybridized carbons (Fsp3) is 0.286. The van der Waals surface area contributed by atoms with Crippen LogP contribution in [0.1, 0.15) is 18.2 Å². The second kappa shape index (κ2) is 6.76. The molecule has 2 rings (SSSR count). The lowest BCUT2D eigenvalue weighted by Gasteiger charge is -2.17. The second-order valence-corrected chi connectivity index (χ2v) is 4.37. The molecule has 7 nitrogen and oxygen atoms in total. The van der Waals surface area contributed by atoms with Crippen LogP contribution in [-0.4, -0.2) is 23.7 Å². The summed E-state index contributed by atoms with van der Waals surface area (Å²) in [5.41, 5.74) is 0.548. The Kier molecular flexibility index (Phi) is 4.78. The van der Waals surface area contributed by atoms with E-state index in [1.54, 1.807) is 30.5 Å². The number of hydrogen-bond donors (Lipinski definition) is 2. The molecule has 0 spiro atoms. The highest BCUT2D eigenvalue weighted by Crippen LogP contribution is 2.32. The number of aliphatic hydroxyl groups excluding tert-OH is 1. The van der Waals surface area contributed by atoms with E-state index in [4.69, 9.17) is 14.3 Å². The predicted octanol–water partition coefficient (Wildman–Crippen LogP) is 2.73. The summed E-state index contributed by atoms with van der Waals surface area (Å²) in [5, 5.41) is 23.2. The summed E-state index contributed by atoms with van der Waals surface area (Å²) in [7, 11) is 1.38. The zero-order valence-electron chi connectivity index (χ0n) is 11.5. The quantitative estimate of drug-likeness (QED) is 0.601. The van der Waals surface area contributed by atoms with Crippen molar-refractivity contribution >= 4 is 11.4 Å². The highest BCUT2D eigenvalue weighted by molar-refractivity contribution is 5.58. The van der Waals surface area contributed by atoms with E-state index in [1.165, 1.54) is 13.2 Å². The molecule has 1 unspecified atom stereocenters. The molecule has 0 saturated heterocycles. The normalized spacial score (nSPS) is 11.9. The van der Waals surface area contributed by atoms with Crippen molar-refractivity contribution in [3.05, 3.63) is 52.5 Å². The fourth-order valence-corrected chi connectivity index (χ4v) is 2.02. The molecular formula is C14H16N2O5. The summed E-state index contributed by atoms with van der Waals surface area (Å²) in [6.07, 6.45) is 2.00. The minimum Gasteiger partial charge on any atom is -0.490 e. The number of nitro groups is 1. The first kappa shape index (κ1) is 14.9. The van der Waals surface area contributed by atoms with Crippen LogP contribution in [0.3, 0.4) is 0 Å². The van der Waals surface area contributed by atoms with Crippen LogP contribution in [0.25, 0.3) is 0 Å². The average Bonchev–Trinajstić information content (AvgIpc) is 3.00. The number of hydrogen-bond acceptors (Lipinski definition) is 6. The van der Waals surface area contributed by atoms with E-state index in [0.717, 1.165) is 0 Å². The van der Waals surface area contributed by atoms with Crippen LogP contribution in [-0.2, 0) is 0 Å². The minimum absolute atomic E-state index is 0.0114. The van der Waals surface area contributed by atoms with Crippen LogP contribution < -0.4 is 10.1 Å². The van der Waals surface area contributed by atoms with Gasteiger partial charge in [0.1, 0.15) is 5.76 Å². The Bertz CT molecular complexity index is 597. The topological polar surface area (TPSA) is 97.8 Å². The Labute approximate surface area is 121 Å². The van der Waals surface area contributed by atoms with Gasteiger partial charge in [0.25, 0.3) is 0 Å². The minimum atomic E-state index is -0.500. The van der Waals surface area contributed by atoms with E-state index in [9.17, 15) is 10.1 Å². The van der Waals surface area contributed by atoms with Gasteiger partial charge in [0.15, 0.2) is 5.75 Å². The molecule has 0 amide bonds. The van der Waals surface area contributed by atoms with Gasteiger partial charge in [-0.1, -0.05) is 0 Å². The van der Waals surface area contributed by atoms with Gasteiger partial charge in [-0.3, -0.25) is 10.1 Å². The SMILES string of the molecule is COc1cc(NC(CCO)c2ccco2)ccc1[N+](=O)[O-]. The molecule has 21 heavy (non-hydrogen) atoms. The largest absolute Gasteiger partial charge is 0.490 e. The van der Waals surface area contributed by atoms with Crippen LogP contribution in [0, 0.1) is 10.1 Å². The number of aliphatic hydroxyl groups is 1. The van der Waals surface area contributed by atoms with E-state index >= 15 is 0 Å². The molecule has 0 saturated carbocycles. The van der Waals surface area contributed by atoms with Gasteiger partial charge in [-0.2, -0.15) is 0 Å². The maximum atomic E-state index is 10.9. The molecule has 0 aliphatic rings. The molecule has 2 N–H and O–H groups in total. The second-order valence-electron chi connectivity index (χ2n) is 4.37. The molecule has 7 heteroatoms. The highest BCUT2D eigenvalue weighted by atomic mass is 16.6. The van der Waals surface area contributed by atoms with E-state index in [1.807, 2.05) is 0 Å². The van der Waals surface area contributed by atoms with Crippen LogP contribution in [0.5, 0.6) is 5.75 Å². The van der Waals surface area contributed by atoms with Gasteiger partial charge in [-0.05, 0) is 24.6 Å². The number of nitrogens with one attached hydrogen (secondary N) is 1. The third kappa shape index (κ3) is 3.51. The van der Waals surface area contributed by atoms with Crippen molar-refractivity contribution in [2.24, 2.45) is 0 Å². The zero-order chi connectivity index (χ0) is 15.2. The molecule has 2 aromatic rings. The van der Waals surface area contributed by atoms with Crippen LogP contribution >= 0.6 is 0 Å². The Balaban J connectivity index is 2.23. The molecule has 0 aliphatic heterocycles. The summed E-state index contributed by atoms with van der Waals surface area (Å²) < 4.78 is 10.4. The number of nitro benzene ring substituents is 1. The Hall–Kier alpha value is -2.54. The van der Waals surface area contributed by atoms with E-state index in [2.05, 4.69) is 5.32 Å². The van der Waals surface area contributed by atoms with Crippen molar-refractivity contribution in [2.75, 3.05) is 19.0 Å². The number of furan rings is 1. The molecule has 1 aromatic carbocycles. The maximum absolute atomic E-state index is 10.9. The Morgan fingerprint density at radius 3 is 2.86 bits per heavy atom. The fourth-order valence-electron chi connectivity index (χ4n) is 2.02. The number of nitrogens with zero attached hydrogens (tertiary/aromatic N) is 1. The lowest BCUT2D eigenvalue weighted by Crippen LogP contribution is -2.12. The van der Waals surface area contributed by atoms with Crippen molar-refractivity contribution in [1.29, 1.82) is 0 Å². The smallest absolute Gasteiger partial charge is 0.311 e. The summed E-state index contributed by atoms with van der Waals surface area (Å²) in [4.78, 5) is 10.4. The standard InChI is InChI=1S/C14H16N2O5/c1-20-14-9-10(4-5-12(14)16(18)19)15-11(6-7-17)13-3-2-8-21-13/h2-5,8-9,11,15,17H,6-7H2,1H3. The molecule has 112 valence electrons. The van der Waals surface area contributed by atoms with Crippen LogP contribution in [0.4, 0.5) is 11.4 Å². The highest BCUT2D eigenvalue weighted by Gasteiger charge is 2.18. The monoisotopic (exact) mass is 292 g/mol. The van der Waals surface area contributed by atoms with Gasteiger partial charge in [0.05, 0.1) is 24.3 Å². The van der Waals surface area contributed by atoms with Crippen LogP contribution in [0.2, 0.25) is 0 Å². The first-order valence-corrected chi connectivity index (χ1v) is 6.39. The van der Waals surface area contributed by atoms with Gasteiger partial charge in [-0.25, -0.2) is 0 Å². The van der Waals surface area contributed by atoms with Crippen molar-refractivity contribution < 1.29 is 19.2 Å². The van der Waals surface area contributed by atoms with E-state index in [0.29, 0.717) is 17.9 Å². The first-order chi connectivity index (χ1) is 10.2. The van der Waals surface area contributed by atoms with E-state index in [-0.39, 0.29) is 24.1 Å². The molecule has 0 aliphatic carbocycles. The zero-order valence-corrected chi connectivity index (χ0v) is 11.5. The van der Waals surface area contributed by atoms with E-state index < -0.39 is 4.92 Å². The Morgan fingerprint density at radius 1 is 1.48 bits per heavy atom. The third-order valence-electron chi connectivity index (χ3n) is 3.02. The number of methoxy groups -OCH3 is 1. The van der Waals surface area contributed by atoms with Crippen molar-refractivity contribution in [1.82, 2.24) is 0 Å². The molecule has 1 aromatic heterocycles. The molecule has 0 bridgehead atoms. The molecule has 0 radical (unpaired) electrons.